The van der Waals surface area contributed by atoms with E-state index in [0.29, 0.717) is 6.54 Å². The molecule has 7 nitrogen and oxygen atoms in total. The summed E-state index contributed by atoms with van der Waals surface area (Å²) >= 11 is 1.52. The number of rotatable bonds is 3. The van der Waals surface area contributed by atoms with Crippen molar-refractivity contribution in [2.24, 2.45) is 5.92 Å². The zero-order chi connectivity index (χ0) is 16.6. The Morgan fingerprint density at radius 2 is 2.22 bits per heavy atom. The van der Waals surface area contributed by atoms with Crippen LogP contribution in [0.15, 0.2) is 17.5 Å². The highest BCUT2D eigenvalue weighted by molar-refractivity contribution is 7.10. The molecule has 23 heavy (non-hydrogen) atoms. The first-order valence-corrected chi connectivity index (χ1v) is 8.29. The summed E-state index contributed by atoms with van der Waals surface area (Å²) in [5, 5.41) is 11.0. The average Bonchev–Trinajstić information content (AvgIpc) is 3.16. The Morgan fingerprint density at radius 1 is 1.43 bits per heavy atom. The first-order chi connectivity index (χ1) is 11.0. The molecule has 3 heterocycles. The van der Waals surface area contributed by atoms with Gasteiger partial charge >= 0.3 is 5.97 Å². The fourth-order valence-corrected chi connectivity index (χ4v) is 4.11. The van der Waals surface area contributed by atoms with Crippen molar-refractivity contribution in [1.82, 2.24) is 9.80 Å². The van der Waals surface area contributed by atoms with Gasteiger partial charge < -0.3 is 19.6 Å². The number of carboxylic acids is 1. The van der Waals surface area contributed by atoms with Gasteiger partial charge in [-0.25, -0.2) is 4.79 Å². The van der Waals surface area contributed by atoms with Crippen LogP contribution in [0.3, 0.4) is 0 Å². The first-order valence-electron chi connectivity index (χ1n) is 7.41. The molecule has 1 aromatic rings. The zero-order valence-corrected chi connectivity index (χ0v) is 13.5. The van der Waals surface area contributed by atoms with Gasteiger partial charge in [-0.1, -0.05) is 6.07 Å². The molecular weight excluding hydrogens is 320 g/mol. The summed E-state index contributed by atoms with van der Waals surface area (Å²) in [4.78, 5) is 40.1. The molecule has 2 aliphatic rings. The highest BCUT2D eigenvalue weighted by atomic mass is 32.1. The summed E-state index contributed by atoms with van der Waals surface area (Å²) < 4.78 is 5.16. The third-order valence-corrected chi connectivity index (χ3v) is 5.33. The van der Waals surface area contributed by atoms with Gasteiger partial charge in [-0.15, -0.1) is 11.3 Å². The van der Waals surface area contributed by atoms with E-state index in [1.165, 1.54) is 16.2 Å². The number of hydrogen-bond acceptors (Lipinski definition) is 5. The topological polar surface area (TPSA) is 87.2 Å². The lowest BCUT2D eigenvalue weighted by Gasteiger charge is -2.34. The lowest BCUT2D eigenvalue weighted by molar-refractivity contribution is -0.160. The molecule has 0 aromatic carbocycles. The van der Waals surface area contributed by atoms with Crippen molar-refractivity contribution in [2.75, 3.05) is 26.7 Å². The van der Waals surface area contributed by atoms with Crippen molar-refractivity contribution in [3.8, 4) is 0 Å². The van der Waals surface area contributed by atoms with Crippen molar-refractivity contribution < 1.29 is 24.2 Å². The summed E-state index contributed by atoms with van der Waals surface area (Å²) in [7, 11) is 1.71. The summed E-state index contributed by atoms with van der Waals surface area (Å²) in [6, 6.07) is 3.54. The maximum Gasteiger partial charge on any atom is 0.334 e. The second-order valence-corrected chi connectivity index (χ2v) is 6.74. The van der Waals surface area contributed by atoms with Crippen molar-refractivity contribution >= 4 is 29.1 Å². The molecule has 3 rings (SSSR count). The highest BCUT2D eigenvalue weighted by Gasteiger charge is 2.45. The molecule has 2 fully saturated rings. The van der Waals surface area contributed by atoms with E-state index in [2.05, 4.69) is 0 Å². The average molecular weight is 338 g/mol. The number of carboxylic acid groups (broad SMARTS) is 1. The molecule has 1 aromatic heterocycles. The lowest BCUT2D eigenvalue weighted by atomic mass is 9.96. The minimum Gasteiger partial charge on any atom is -0.479 e. The Bertz CT molecular complexity index is 617. The van der Waals surface area contributed by atoms with E-state index in [1.54, 1.807) is 11.9 Å². The lowest BCUT2D eigenvalue weighted by Crippen LogP contribution is -2.50. The van der Waals surface area contributed by atoms with Crippen LogP contribution in [0, 0.1) is 5.92 Å². The maximum atomic E-state index is 12.9. The van der Waals surface area contributed by atoms with Gasteiger partial charge in [0.05, 0.1) is 25.1 Å². The molecule has 8 heteroatoms. The number of carbonyl (C=O) groups excluding carboxylic acids is 2. The summed E-state index contributed by atoms with van der Waals surface area (Å²) in [5.74, 6) is -1.78. The smallest absolute Gasteiger partial charge is 0.334 e. The largest absolute Gasteiger partial charge is 0.479 e. The van der Waals surface area contributed by atoms with Crippen molar-refractivity contribution in [3.63, 3.8) is 0 Å². The molecule has 3 atom stereocenters. The molecule has 2 amide bonds. The highest BCUT2D eigenvalue weighted by Crippen LogP contribution is 2.40. The van der Waals surface area contributed by atoms with Crippen LogP contribution in [0.4, 0.5) is 0 Å². The standard InChI is InChI=1S/C15H18N2O5S/c1-16-12(18)7-9(13(16)11-3-2-6-23-11)14(19)17-4-5-22-10(8-17)15(20)21/h2-3,6,9-10,13H,4-5,7-8H2,1H3,(H,20,21)/t9-,10-,13+/m0/s1. The number of amides is 2. The molecule has 0 saturated carbocycles. The molecule has 0 unspecified atom stereocenters. The van der Waals surface area contributed by atoms with E-state index in [9.17, 15) is 14.4 Å². The molecule has 124 valence electrons. The van der Waals surface area contributed by atoms with Gasteiger partial charge in [-0.05, 0) is 11.4 Å². The maximum absolute atomic E-state index is 12.9. The number of thiophene rings is 1. The van der Waals surface area contributed by atoms with Crippen LogP contribution in [0.5, 0.6) is 0 Å². The Morgan fingerprint density at radius 3 is 2.87 bits per heavy atom. The normalized spacial score (nSPS) is 28.2. The quantitative estimate of drug-likeness (QED) is 0.871. The molecular formula is C15H18N2O5S. The van der Waals surface area contributed by atoms with Gasteiger partial charge in [-0.3, -0.25) is 9.59 Å². The number of ether oxygens (including phenoxy) is 1. The van der Waals surface area contributed by atoms with E-state index in [1.807, 2.05) is 17.5 Å². The van der Waals surface area contributed by atoms with Gasteiger partial charge in [0.25, 0.3) is 0 Å². The van der Waals surface area contributed by atoms with Gasteiger partial charge in [0, 0.05) is 24.9 Å². The molecule has 1 N–H and O–H groups in total. The zero-order valence-electron chi connectivity index (χ0n) is 12.7. The van der Waals surface area contributed by atoms with E-state index >= 15 is 0 Å². The van der Waals surface area contributed by atoms with Crippen LogP contribution < -0.4 is 0 Å². The van der Waals surface area contributed by atoms with Crippen LogP contribution in [0.2, 0.25) is 0 Å². The molecule has 0 radical (unpaired) electrons. The molecule has 2 aliphatic heterocycles. The molecule has 0 aliphatic carbocycles. The number of carbonyl (C=O) groups is 3. The molecule has 0 spiro atoms. The summed E-state index contributed by atoms with van der Waals surface area (Å²) in [6.45, 7) is 0.580. The Labute approximate surface area is 137 Å². The third kappa shape index (κ3) is 2.96. The Kier molecular flexibility index (Phi) is 4.36. The predicted octanol–water partition coefficient (Wildman–Crippen LogP) is 0.580. The minimum absolute atomic E-state index is 0.0275. The SMILES string of the molecule is CN1C(=O)C[C@H](C(=O)N2CCO[C@H](C(=O)O)C2)[C@@H]1c1cccs1. The van der Waals surface area contributed by atoms with Gasteiger partial charge in [-0.2, -0.15) is 0 Å². The molecule has 0 bridgehead atoms. The Balaban J connectivity index is 1.80. The van der Waals surface area contributed by atoms with Crippen LogP contribution in [-0.2, 0) is 19.1 Å². The van der Waals surface area contributed by atoms with Crippen LogP contribution in [-0.4, -0.2) is 65.5 Å². The van der Waals surface area contributed by atoms with E-state index < -0.39 is 18.0 Å². The predicted molar refractivity (Wildman–Crippen MR) is 81.9 cm³/mol. The van der Waals surface area contributed by atoms with Crippen molar-refractivity contribution in [3.05, 3.63) is 22.4 Å². The van der Waals surface area contributed by atoms with Crippen molar-refractivity contribution in [2.45, 2.75) is 18.6 Å². The fourth-order valence-electron chi connectivity index (χ4n) is 3.17. The van der Waals surface area contributed by atoms with Gasteiger partial charge in [0.15, 0.2) is 6.10 Å². The van der Waals surface area contributed by atoms with Gasteiger partial charge in [0.2, 0.25) is 11.8 Å². The third-order valence-electron chi connectivity index (χ3n) is 4.39. The number of hydrogen-bond donors (Lipinski definition) is 1. The number of likely N-dealkylation sites (tertiary alicyclic amines) is 1. The van der Waals surface area contributed by atoms with Crippen molar-refractivity contribution in [1.29, 1.82) is 0 Å². The van der Waals surface area contributed by atoms with Crippen LogP contribution in [0.1, 0.15) is 17.3 Å². The minimum atomic E-state index is -1.07. The summed E-state index contributed by atoms with van der Waals surface area (Å²) in [6.07, 6.45) is -0.838. The summed E-state index contributed by atoms with van der Waals surface area (Å²) in [5.41, 5.74) is 0. The van der Waals surface area contributed by atoms with Crippen LogP contribution in [0.25, 0.3) is 0 Å². The number of aliphatic carboxylic acids is 1. The number of morpholine rings is 1. The monoisotopic (exact) mass is 338 g/mol. The second kappa shape index (κ2) is 6.29. The van der Waals surface area contributed by atoms with E-state index in [0.717, 1.165) is 4.88 Å². The fraction of sp³-hybridized carbons (Fsp3) is 0.533. The second-order valence-electron chi connectivity index (χ2n) is 5.76. The van der Waals surface area contributed by atoms with E-state index in [-0.39, 0.29) is 37.4 Å². The number of nitrogens with zero attached hydrogens (tertiary/aromatic N) is 2. The van der Waals surface area contributed by atoms with Gasteiger partial charge in [0.1, 0.15) is 0 Å². The Hall–Kier alpha value is -1.93. The molecule has 2 saturated heterocycles. The van der Waals surface area contributed by atoms with E-state index in [4.69, 9.17) is 9.84 Å². The van der Waals surface area contributed by atoms with Crippen LogP contribution >= 0.6 is 11.3 Å². The first kappa shape index (κ1) is 15.9.